The summed E-state index contributed by atoms with van der Waals surface area (Å²) < 4.78 is 15.4. The van der Waals surface area contributed by atoms with Crippen LogP contribution < -0.4 is 5.73 Å². The molecule has 3 nitrogen and oxygen atoms in total. The summed E-state index contributed by atoms with van der Waals surface area (Å²) in [6.45, 7) is 6.27. The molecule has 2 rings (SSSR count). The number of aromatic nitrogens is 2. The second kappa shape index (κ2) is 5.45. The maximum absolute atomic E-state index is 13.5. The molecule has 5 heteroatoms. The van der Waals surface area contributed by atoms with Crippen molar-refractivity contribution in [1.29, 1.82) is 0 Å². The highest BCUT2D eigenvalue weighted by molar-refractivity contribution is 6.30. The number of hydrogen-bond acceptors (Lipinski definition) is 2. The summed E-state index contributed by atoms with van der Waals surface area (Å²) in [5.74, 6) is 0.885. The molecular formula is C14H15ClFN3. The van der Waals surface area contributed by atoms with Gasteiger partial charge >= 0.3 is 0 Å². The van der Waals surface area contributed by atoms with Crippen molar-refractivity contribution in [2.75, 3.05) is 5.73 Å². The number of halogens is 2. The largest absolute Gasteiger partial charge is 0.383 e. The maximum atomic E-state index is 13.5. The SMILES string of the molecule is C=CCn1c(CC)nc(-c2ccc(Cl)c(F)c2)c1N. The zero-order chi connectivity index (χ0) is 14.0. The monoisotopic (exact) mass is 279 g/mol. The van der Waals surface area contributed by atoms with Gasteiger partial charge in [-0.05, 0) is 12.1 Å². The molecule has 0 bridgehead atoms. The molecular weight excluding hydrogens is 265 g/mol. The summed E-state index contributed by atoms with van der Waals surface area (Å²) in [6.07, 6.45) is 2.50. The zero-order valence-corrected chi connectivity index (χ0v) is 11.4. The Morgan fingerprint density at radius 3 is 2.84 bits per heavy atom. The second-order valence-electron chi connectivity index (χ2n) is 4.14. The van der Waals surface area contributed by atoms with E-state index in [-0.39, 0.29) is 5.02 Å². The van der Waals surface area contributed by atoms with Crippen LogP contribution in [0, 0.1) is 5.82 Å². The molecule has 2 aromatic rings. The molecule has 0 unspecified atom stereocenters. The molecule has 1 aromatic carbocycles. The van der Waals surface area contributed by atoms with E-state index in [4.69, 9.17) is 17.3 Å². The Labute approximate surface area is 116 Å². The number of aryl methyl sites for hydroxylation is 1. The van der Waals surface area contributed by atoms with Crippen LogP contribution in [0.1, 0.15) is 12.7 Å². The Kier molecular flexibility index (Phi) is 3.90. The minimum Gasteiger partial charge on any atom is -0.383 e. The minimum atomic E-state index is -0.477. The van der Waals surface area contributed by atoms with Gasteiger partial charge in [-0.3, -0.25) is 0 Å². The summed E-state index contributed by atoms with van der Waals surface area (Å²) >= 11 is 5.68. The van der Waals surface area contributed by atoms with Crippen molar-refractivity contribution >= 4 is 17.4 Å². The highest BCUT2D eigenvalue weighted by Crippen LogP contribution is 2.29. The lowest BCUT2D eigenvalue weighted by Crippen LogP contribution is -2.05. The van der Waals surface area contributed by atoms with Gasteiger partial charge in [0.1, 0.15) is 23.2 Å². The molecule has 0 aliphatic carbocycles. The normalized spacial score (nSPS) is 10.7. The number of benzene rings is 1. The van der Waals surface area contributed by atoms with Gasteiger partial charge in [-0.1, -0.05) is 30.7 Å². The first-order valence-corrected chi connectivity index (χ1v) is 6.37. The van der Waals surface area contributed by atoms with Crippen molar-refractivity contribution in [2.24, 2.45) is 0 Å². The Hall–Kier alpha value is -1.81. The fraction of sp³-hybridized carbons (Fsp3) is 0.214. The third-order valence-corrected chi connectivity index (χ3v) is 3.21. The van der Waals surface area contributed by atoms with Gasteiger partial charge in [0.05, 0.1) is 5.02 Å². The molecule has 0 aliphatic heterocycles. The van der Waals surface area contributed by atoms with E-state index in [1.165, 1.54) is 12.1 Å². The topological polar surface area (TPSA) is 43.8 Å². The molecule has 1 heterocycles. The Morgan fingerprint density at radius 2 is 2.26 bits per heavy atom. The summed E-state index contributed by atoms with van der Waals surface area (Å²) in [5, 5.41) is 0.0866. The molecule has 0 saturated heterocycles. The summed E-state index contributed by atoms with van der Waals surface area (Å²) in [6, 6.07) is 4.56. The fourth-order valence-corrected chi connectivity index (χ4v) is 2.09. The van der Waals surface area contributed by atoms with Crippen molar-refractivity contribution in [2.45, 2.75) is 19.9 Å². The molecule has 2 N–H and O–H groups in total. The summed E-state index contributed by atoms with van der Waals surface area (Å²) in [4.78, 5) is 4.47. The minimum absolute atomic E-state index is 0.0866. The lowest BCUT2D eigenvalue weighted by atomic mass is 10.1. The maximum Gasteiger partial charge on any atom is 0.142 e. The number of nitrogen functional groups attached to an aromatic ring is 1. The number of anilines is 1. The van der Waals surface area contributed by atoms with E-state index in [1.807, 2.05) is 11.5 Å². The Balaban J connectivity index is 2.55. The number of nitrogens with two attached hydrogens (primary N) is 1. The van der Waals surface area contributed by atoms with E-state index in [0.29, 0.717) is 23.6 Å². The van der Waals surface area contributed by atoms with Crippen LogP contribution in [-0.2, 0) is 13.0 Å². The van der Waals surface area contributed by atoms with Gasteiger partial charge < -0.3 is 10.3 Å². The van der Waals surface area contributed by atoms with Crippen LogP contribution in [0.5, 0.6) is 0 Å². The van der Waals surface area contributed by atoms with Crippen LogP contribution in [0.25, 0.3) is 11.3 Å². The standard InChI is InChI=1S/C14H15ClFN3/c1-3-7-19-12(4-2)18-13(14(19)17)9-5-6-10(15)11(16)8-9/h3,5-6,8H,1,4,7,17H2,2H3. The van der Waals surface area contributed by atoms with Crippen molar-refractivity contribution in [3.8, 4) is 11.3 Å². The van der Waals surface area contributed by atoms with Crippen molar-refractivity contribution in [3.63, 3.8) is 0 Å². The molecule has 0 atom stereocenters. The first-order valence-electron chi connectivity index (χ1n) is 5.99. The van der Waals surface area contributed by atoms with Crippen molar-refractivity contribution in [1.82, 2.24) is 9.55 Å². The van der Waals surface area contributed by atoms with Gasteiger partial charge in [0, 0.05) is 18.5 Å². The molecule has 0 saturated carbocycles. The number of imidazole rings is 1. The van der Waals surface area contributed by atoms with Gasteiger partial charge in [0.2, 0.25) is 0 Å². The highest BCUT2D eigenvalue weighted by atomic mass is 35.5. The van der Waals surface area contributed by atoms with E-state index in [9.17, 15) is 4.39 Å². The highest BCUT2D eigenvalue weighted by Gasteiger charge is 2.15. The number of hydrogen-bond donors (Lipinski definition) is 1. The third kappa shape index (κ3) is 2.49. The molecule has 0 spiro atoms. The van der Waals surface area contributed by atoms with Gasteiger partial charge in [0.25, 0.3) is 0 Å². The smallest absolute Gasteiger partial charge is 0.142 e. The van der Waals surface area contributed by atoms with E-state index in [0.717, 1.165) is 12.2 Å². The molecule has 100 valence electrons. The predicted octanol–water partition coefficient (Wildman–Crippen LogP) is 3.67. The van der Waals surface area contributed by atoms with Crippen LogP contribution in [0.3, 0.4) is 0 Å². The van der Waals surface area contributed by atoms with Crippen LogP contribution >= 0.6 is 11.6 Å². The number of nitrogens with zero attached hydrogens (tertiary/aromatic N) is 2. The van der Waals surface area contributed by atoms with E-state index >= 15 is 0 Å². The van der Waals surface area contributed by atoms with Crippen LogP contribution in [0.4, 0.5) is 10.2 Å². The van der Waals surface area contributed by atoms with Gasteiger partial charge in [-0.2, -0.15) is 0 Å². The number of allylic oxidation sites excluding steroid dienone is 1. The molecule has 1 aromatic heterocycles. The Bertz CT molecular complexity index is 619. The predicted molar refractivity (Wildman–Crippen MR) is 76.6 cm³/mol. The van der Waals surface area contributed by atoms with E-state index in [1.54, 1.807) is 12.1 Å². The van der Waals surface area contributed by atoms with Gasteiger partial charge in [-0.15, -0.1) is 6.58 Å². The first-order chi connectivity index (χ1) is 9.08. The number of rotatable bonds is 4. The summed E-state index contributed by atoms with van der Waals surface area (Å²) in [5.41, 5.74) is 7.28. The third-order valence-electron chi connectivity index (χ3n) is 2.91. The molecule has 19 heavy (non-hydrogen) atoms. The lowest BCUT2D eigenvalue weighted by Gasteiger charge is -2.05. The quantitative estimate of drug-likeness (QED) is 0.868. The lowest BCUT2D eigenvalue weighted by molar-refractivity contribution is 0.628. The molecule has 0 aliphatic rings. The van der Waals surface area contributed by atoms with Crippen LogP contribution in [0.2, 0.25) is 5.02 Å². The Morgan fingerprint density at radius 1 is 1.53 bits per heavy atom. The van der Waals surface area contributed by atoms with E-state index in [2.05, 4.69) is 11.6 Å². The van der Waals surface area contributed by atoms with Crippen LogP contribution in [0.15, 0.2) is 30.9 Å². The molecule has 0 amide bonds. The van der Waals surface area contributed by atoms with Gasteiger partial charge in [0.15, 0.2) is 0 Å². The zero-order valence-electron chi connectivity index (χ0n) is 10.7. The average Bonchev–Trinajstić information content (AvgIpc) is 2.71. The second-order valence-corrected chi connectivity index (χ2v) is 4.55. The molecule has 0 radical (unpaired) electrons. The first kappa shape index (κ1) is 13.6. The average molecular weight is 280 g/mol. The fourth-order valence-electron chi connectivity index (χ4n) is 1.97. The van der Waals surface area contributed by atoms with Gasteiger partial charge in [-0.25, -0.2) is 9.37 Å². The van der Waals surface area contributed by atoms with E-state index < -0.39 is 5.82 Å². The molecule has 0 fully saturated rings. The van der Waals surface area contributed by atoms with Crippen LogP contribution in [-0.4, -0.2) is 9.55 Å². The summed E-state index contributed by atoms with van der Waals surface area (Å²) in [7, 11) is 0. The van der Waals surface area contributed by atoms with Crippen molar-refractivity contribution < 1.29 is 4.39 Å². The van der Waals surface area contributed by atoms with Crippen molar-refractivity contribution in [3.05, 3.63) is 47.5 Å².